The predicted molar refractivity (Wildman–Crippen MR) is 87.4 cm³/mol. The van der Waals surface area contributed by atoms with E-state index in [9.17, 15) is 4.79 Å². The van der Waals surface area contributed by atoms with Crippen molar-refractivity contribution in [3.63, 3.8) is 0 Å². The molecule has 0 atom stereocenters. The fourth-order valence-electron chi connectivity index (χ4n) is 2.44. The average molecular weight is 315 g/mol. The van der Waals surface area contributed by atoms with E-state index in [4.69, 9.17) is 20.8 Å². The molecule has 0 spiro atoms. The van der Waals surface area contributed by atoms with Gasteiger partial charge in [0.15, 0.2) is 0 Å². The molecule has 112 valence electrons. The van der Waals surface area contributed by atoms with Gasteiger partial charge in [0, 0.05) is 16.0 Å². The van der Waals surface area contributed by atoms with Crippen molar-refractivity contribution in [2.24, 2.45) is 0 Å². The van der Waals surface area contributed by atoms with Gasteiger partial charge in [0.05, 0.1) is 6.61 Å². The zero-order chi connectivity index (χ0) is 15.7. The largest absolute Gasteiger partial charge is 0.460 e. The summed E-state index contributed by atoms with van der Waals surface area (Å²) in [7, 11) is 0. The number of carbonyl (C=O) groups is 1. The van der Waals surface area contributed by atoms with Crippen LogP contribution < -0.4 is 0 Å². The van der Waals surface area contributed by atoms with E-state index >= 15 is 0 Å². The van der Waals surface area contributed by atoms with Gasteiger partial charge < -0.3 is 9.15 Å². The van der Waals surface area contributed by atoms with E-state index in [1.165, 1.54) is 0 Å². The Balaban J connectivity index is 2.07. The number of aryl methyl sites for hydroxylation is 1. The fraction of sp³-hybridized carbons (Fsp3) is 0.167. The van der Waals surface area contributed by atoms with Crippen molar-refractivity contribution in [2.45, 2.75) is 13.8 Å². The van der Waals surface area contributed by atoms with Crippen molar-refractivity contribution in [3.05, 3.63) is 58.8 Å². The third-order valence-corrected chi connectivity index (χ3v) is 3.83. The lowest BCUT2D eigenvalue weighted by atomic mass is 10.0. The van der Waals surface area contributed by atoms with Crippen LogP contribution in [0, 0.1) is 6.92 Å². The maximum Gasteiger partial charge on any atom is 0.374 e. The highest BCUT2D eigenvalue weighted by molar-refractivity contribution is 6.30. The molecule has 0 saturated heterocycles. The van der Waals surface area contributed by atoms with Crippen molar-refractivity contribution in [2.75, 3.05) is 6.61 Å². The predicted octanol–water partition coefficient (Wildman–Crippen LogP) is 5.24. The zero-order valence-electron chi connectivity index (χ0n) is 12.4. The van der Waals surface area contributed by atoms with Crippen LogP contribution in [0.1, 0.15) is 23.0 Å². The first kappa shape index (κ1) is 14.7. The van der Waals surface area contributed by atoms with E-state index in [2.05, 4.69) is 0 Å². The first-order valence-electron chi connectivity index (χ1n) is 7.06. The molecule has 22 heavy (non-hydrogen) atoms. The molecule has 0 N–H and O–H groups in total. The first-order chi connectivity index (χ1) is 10.6. The molecule has 0 saturated carbocycles. The minimum Gasteiger partial charge on any atom is -0.460 e. The van der Waals surface area contributed by atoms with E-state index < -0.39 is 5.97 Å². The number of hydrogen-bond acceptors (Lipinski definition) is 3. The summed E-state index contributed by atoms with van der Waals surface area (Å²) in [5, 5.41) is 1.61. The van der Waals surface area contributed by atoms with Crippen molar-refractivity contribution in [1.29, 1.82) is 0 Å². The van der Waals surface area contributed by atoms with Gasteiger partial charge in [-0.1, -0.05) is 35.9 Å². The molecule has 0 amide bonds. The Bertz CT molecular complexity index is 831. The number of rotatable bonds is 3. The van der Waals surface area contributed by atoms with Crippen molar-refractivity contribution in [3.8, 4) is 11.1 Å². The molecule has 0 radical (unpaired) electrons. The summed E-state index contributed by atoms with van der Waals surface area (Å²) in [6, 6.07) is 13.5. The minimum atomic E-state index is -0.427. The molecule has 0 bridgehead atoms. The van der Waals surface area contributed by atoms with Crippen LogP contribution in [0.4, 0.5) is 0 Å². The summed E-state index contributed by atoms with van der Waals surface area (Å²) in [6.07, 6.45) is 0. The first-order valence-corrected chi connectivity index (χ1v) is 7.44. The van der Waals surface area contributed by atoms with Gasteiger partial charge >= 0.3 is 5.97 Å². The van der Waals surface area contributed by atoms with Gasteiger partial charge in [-0.05, 0) is 43.2 Å². The number of benzene rings is 2. The van der Waals surface area contributed by atoms with Crippen LogP contribution >= 0.6 is 11.6 Å². The lowest BCUT2D eigenvalue weighted by Crippen LogP contribution is -2.04. The summed E-state index contributed by atoms with van der Waals surface area (Å²) < 4.78 is 10.7. The van der Waals surface area contributed by atoms with Crippen molar-refractivity contribution < 1.29 is 13.9 Å². The third-order valence-electron chi connectivity index (χ3n) is 3.58. The summed E-state index contributed by atoms with van der Waals surface area (Å²) in [6.45, 7) is 3.96. The second kappa shape index (κ2) is 5.85. The summed E-state index contributed by atoms with van der Waals surface area (Å²) in [5.41, 5.74) is 3.52. The molecular weight excluding hydrogens is 300 g/mol. The maximum atomic E-state index is 11.9. The Labute approximate surface area is 133 Å². The molecule has 3 aromatic rings. The molecule has 0 aliphatic carbocycles. The van der Waals surface area contributed by atoms with Crippen LogP contribution in [0.3, 0.4) is 0 Å². The van der Waals surface area contributed by atoms with E-state index in [0.29, 0.717) is 17.2 Å². The molecule has 4 heteroatoms. The topological polar surface area (TPSA) is 39.4 Å². The number of carbonyl (C=O) groups excluding carboxylic acids is 1. The lowest BCUT2D eigenvalue weighted by Gasteiger charge is -2.01. The van der Waals surface area contributed by atoms with Crippen LogP contribution in [0.15, 0.2) is 46.9 Å². The number of halogens is 1. The Hall–Kier alpha value is -2.26. The molecule has 1 aromatic heterocycles. The number of ether oxygens (including phenoxy) is 1. The highest BCUT2D eigenvalue weighted by Crippen LogP contribution is 2.30. The number of hydrogen-bond donors (Lipinski definition) is 0. The van der Waals surface area contributed by atoms with Crippen LogP contribution in [0.2, 0.25) is 5.02 Å². The second-order valence-corrected chi connectivity index (χ2v) is 5.43. The maximum absolute atomic E-state index is 11.9. The highest BCUT2D eigenvalue weighted by atomic mass is 35.5. The molecule has 1 heterocycles. The molecule has 3 rings (SSSR count). The van der Waals surface area contributed by atoms with E-state index in [-0.39, 0.29) is 5.76 Å². The zero-order valence-corrected chi connectivity index (χ0v) is 13.1. The van der Waals surface area contributed by atoms with Gasteiger partial charge in [0.2, 0.25) is 5.76 Å². The van der Waals surface area contributed by atoms with Crippen LogP contribution in [0.5, 0.6) is 0 Å². The molecule has 0 fully saturated rings. The van der Waals surface area contributed by atoms with Crippen LogP contribution in [-0.2, 0) is 4.74 Å². The van der Waals surface area contributed by atoms with Crippen molar-refractivity contribution in [1.82, 2.24) is 0 Å². The molecule has 0 aliphatic heterocycles. The molecule has 3 nitrogen and oxygen atoms in total. The smallest absolute Gasteiger partial charge is 0.374 e. The number of esters is 1. The summed E-state index contributed by atoms with van der Waals surface area (Å²) in [4.78, 5) is 11.9. The van der Waals surface area contributed by atoms with Crippen LogP contribution in [0.25, 0.3) is 22.1 Å². The number of fused-ring (bicyclic) bond motifs is 1. The lowest BCUT2D eigenvalue weighted by molar-refractivity contribution is 0.0491. The van der Waals surface area contributed by atoms with Crippen LogP contribution in [-0.4, -0.2) is 12.6 Å². The monoisotopic (exact) mass is 314 g/mol. The van der Waals surface area contributed by atoms with Gasteiger partial charge in [-0.15, -0.1) is 0 Å². The molecule has 2 aromatic carbocycles. The van der Waals surface area contributed by atoms with E-state index in [0.717, 1.165) is 22.1 Å². The van der Waals surface area contributed by atoms with Gasteiger partial charge in [-0.3, -0.25) is 0 Å². The van der Waals surface area contributed by atoms with Gasteiger partial charge in [-0.2, -0.15) is 0 Å². The standard InChI is InChI=1S/C18H15ClO3/c1-3-21-18(20)17-11(2)15-9-6-13(10-16(15)22-17)12-4-7-14(19)8-5-12/h4-10H,3H2,1-2H3. The average Bonchev–Trinajstić information content (AvgIpc) is 2.85. The fourth-order valence-corrected chi connectivity index (χ4v) is 2.56. The van der Waals surface area contributed by atoms with Gasteiger partial charge in [0.1, 0.15) is 5.58 Å². The normalized spacial score (nSPS) is 10.9. The van der Waals surface area contributed by atoms with Crippen molar-refractivity contribution >= 4 is 28.5 Å². The molecular formula is C18H15ClO3. The van der Waals surface area contributed by atoms with E-state index in [1.54, 1.807) is 6.92 Å². The SMILES string of the molecule is CCOC(=O)c1oc2cc(-c3ccc(Cl)cc3)ccc2c1C. The highest BCUT2D eigenvalue weighted by Gasteiger charge is 2.18. The van der Waals surface area contributed by atoms with E-state index in [1.807, 2.05) is 49.4 Å². The summed E-state index contributed by atoms with van der Waals surface area (Å²) >= 11 is 5.91. The summed E-state index contributed by atoms with van der Waals surface area (Å²) in [5.74, 6) is -0.158. The van der Waals surface area contributed by atoms with Gasteiger partial charge in [0.25, 0.3) is 0 Å². The number of furan rings is 1. The molecule has 0 aliphatic rings. The Morgan fingerprint density at radius 2 is 1.82 bits per heavy atom. The Kier molecular flexibility index (Phi) is 3.90. The van der Waals surface area contributed by atoms with Gasteiger partial charge in [-0.25, -0.2) is 4.79 Å². The molecule has 0 unspecified atom stereocenters. The Morgan fingerprint density at radius 1 is 1.14 bits per heavy atom. The Morgan fingerprint density at radius 3 is 2.50 bits per heavy atom. The minimum absolute atomic E-state index is 0.269. The quantitative estimate of drug-likeness (QED) is 0.621. The third kappa shape index (κ3) is 2.60. The second-order valence-electron chi connectivity index (χ2n) is 4.99.